The van der Waals surface area contributed by atoms with E-state index in [0.717, 1.165) is 32.3 Å². The van der Waals surface area contributed by atoms with Crippen molar-refractivity contribution in [3.63, 3.8) is 0 Å². The molecule has 4 rings (SSSR count). The summed E-state index contributed by atoms with van der Waals surface area (Å²) in [6.07, 6.45) is -0.174. The lowest BCUT2D eigenvalue weighted by Crippen LogP contribution is -2.43. The Morgan fingerprint density at radius 1 is 1.38 bits per heavy atom. The Labute approximate surface area is 155 Å². The average Bonchev–Trinajstić information content (AvgIpc) is 3.20. The number of aromatic nitrogens is 2. The maximum Gasteiger partial charge on any atom is 0.264 e. The molecule has 1 atom stereocenters. The number of carbonyl (C=O) groups excluding carboxylic acids is 1. The smallest absolute Gasteiger partial charge is 0.264 e. The van der Waals surface area contributed by atoms with E-state index in [1.165, 1.54) is 11.3 Å². The van der Waals surface area contributed by atoms with E-state index in [-0.39, 0.29) is 12.0 Å². The number of nitrogens with zero attached hydrogens (tertiary/aromatic N) is 3. The van der Waals surface area contributed by atoms with Gasteiger partial charge in [-0.1, -0.05) is 12.1 Å². The summed E-state index contributed by atoms with van der Waals surface area (Å²) >= 11 is 1.48. The van der Waals surface area contributed by atoms with Crippen molar-refractivity contribution in [2.75, 3.05) is 19.7 Å². The molecule has 26 heavy (non-hydrogen) atoms. The summed E-state index contributed by atoms with van der Waals surface area (Å²) in [5.41, 5.74) is 0.946. The van der Waals surface area contributed by atoms with Crippen LogP contribution in [0.3, 0.4) is 0 Å². The zero-order chi connectivity index (χ0) is 18.3. The fraction of sp³-hybridized carbons (Fsp3) is 0.368. The van der Waals surface area contributed by atoms with Gasteiger partial charge in [-0.15, -0.1) is 11.3 Å². The molecule has 3 aromatic rings. The second-order valence-electron chi connectivity index (χ2n) is 6.38. The molecule has 1 amide bonds. The van der Waals surface area contributed by atoms with E-state index in [0.29, 0.717) is 19.7 Å². The Balaban J connectivity index is 1.51. The molecule has 1 aliphatic rings. The van der Waals surface area contributed by atoms with Crippen molar-refractivity contribution in [3.8, 4) is 11.5 Å². The Morgan fingerprint density at radius 2 is 2.15 bits per heavy atom. The molecule has 1 unspecified atom stereocenters. The Morgan fingerprint density at radius 3 is 2.88 bits per heavy atom. The first kappa shape index (κ1) is 16.9. The molecule has 1 aliphatic heterocycles. The zero-order valence-corrected chi connectivity index (χ0v) is 15.9. The van der Waals surface area contributed by atoms with Crippen molar-refractivity contribution in [2.24, 2.45) is 7.05 Å². The summed E-state index contributed by atoms with van der Waals surface area (Å²) < 4.78 is 13.6. The van der Waals surface area contributed by atoms with Gasteiger partial charge in [-0.3, -0.25) is 9.48 Å². The molecule has 0 spiro atoms. The van der Waals surface area contributed by atoms with E-state index in [2.05, 4.69) is 5.10 Å². The topological polar surface area (TPSA) is 56.6 Å². The lowest BCUT2D eigenvalue weighted by atomic mass is 10.2. The molecular weight excluding hydrogens is 350 g/mol. The van der Waals surface area contributed by atoms with Gasteiger partial charge in [0.1, 0.15) is 11.4 Å². The third kappa shape index (κ3) is 2.92. The summed E-state index contributed by atoms with van der Waals surface area (Å²) in [6.45, 7) is 5.50. The highest BCUT2D eigenvalue weighted by atomic mass is 32.1. The van der Waals surface area contributed by atoms with Crippen molar-refractivity contribution in [2.45, 2.75) is 20.0 Å². The van der Waals surface area contributed by atoms with Crippen LogP contribution in [0.2, 0.25) is 0 Å². The van der Waals surface area contributed by atoms with E-state index < -0.39 is 0 Å². The van der Waals surface area contributed by atoms with Gasteiger partial charge in [0, 0.05) is 19.0 Å². The standard InChI is InChI=1S/C19H21N3O3S/c1-4-22(10-13-11-24-15-7-5-6-8-16(15)25-13)18(23)17-9-14-12(2)20-21(3)19(14)26-17/h5-9,13H,4,10-11H2,1-3H3. The Bertz CT molecular complexity index is 928. The number of carbonyl (C=O) groups is 1. The summed E-state index contributed by atoms with van der Waals surface area (Å²) in [6, 6.07) is 9.56. The van der Waals surface area contributed by atoms with Crippen LogP contribution in [0.1, 0.15) is 22.3 Å². The van der Waals surface area contributed by atoms with Gasteiger partial charge >= 0.3 is 0 Å². The van der Waals surface area contributed by atoms with E-state index >= 15 is 0 Å². The molecule has 0 saturated carbocycles. The van der Waals surface area contributed by atoms with Gasteiger partial charge in [0.05, 0.1) is 17.1 Å². The Hall–Kier alpha value is -2.54. The summed E-state index contributed by atoms with van der Waals surface area (Å²) in [4.78, 5) is 16.6. The molecule has 0 bridgehead atoms. The van der Waals surface area contributed by atoms with Crippen LogP contribution in [0.5, 0.6) is 11.5 Å². The van der Waals surface area contributed by atoms with E-state index in [1.54, 1.807) is 0 Å². The van der Waals surface area contributed by atoms with Gasteiger partial charge in [0.25, 0.3) is 5.91 Å². The van der Waals surface area contributed by atoms with Crippen LogP contribution >= 0.6 is 11.3 Å². The number of likely N-dealkylation sites (N-methyl/N-ethyl adjacent to an activating group) is 1. The van der Waals surface area contributed by atoms with Gasteiger partial charge in [-0.05, 0) is 32.0 Å². The molecule has 2 aromatic heterocycles. The molecule has 0 radical (unpaired) electrons. The minimum Gasteiger partial charge on any atom is -0.486 e. The molecule has 1 aromatic carbocycles. The number of thiophene rings is 1. The van der Waals surface area contributed by atoms with Gasteiger partial charge in [-0.2, -0.15) is 5.10 Å². The van der Waals surface area contributed by atoms with Crippen LogP contribution in [0.25, 0.3) is 10.2 Å². The fourth-order valence-corrected chi connectivity index (χ4v) is 4.31. The molecule has 0 N–H and O–H groups in total. The maximum atomic E-state index is 13.0. The van der Waals surface area contributed by atoms with Gasteiger partial charge in [0.2, 0.25) is 0 Å². The third-order valence-corrected chi connectivity index (χ3v) is 5.76. The first-order valence-electron chi connectivity index (χ1n) is 8.67. The van der Waals surface area contributed by atoms with Crippen LogP contribution in [-0.4, -0.2) is 46.4 Å². The highest BCUT2D eigenvalue weighted by Gasteiger charge is 2.26. The van der Waals surface area contributed by atoms with Crippen molar-refractivity contribution >= 4 is 27.5 Å². The van der Waals surface area contributed by atoms with Gasteiger partial charge in [-0.25, -0.2) is 0 Å². The van der Waals surface area contributed by atoms with Crippen molar-refractivity contribution in [3.05, 3.63) is 40.9 Å². The van der Waals surface area contributed by atoms with Crippen LogP contribution in [0.4, 0.5) is 0 Å². The number of fused-ring (bicyclic) bond motifs is 2. The third-order valence-electron chi connectivity index (χ3n) is 4.57. The fourth-order valence-electron chi connectivity index (χ4n) is 3.22. The molecule has 7 heteroatoms. The van der Waals surface area contributed by atoms with Crippen LogP contribution in [-0.2, 0) is 7.05 Å². The second-order valence-corrected chi connectivity index (χ2v) is 7.41. The van der Waals surface area contributed by atoms with E-state index in [4.69, 9.17) is 9.47 Å². The molecule has 0 saturated heterocycles. The number of ether oxygens (including phenoxy) is 2. The lowest BCUT2D eigenvalue weighted by Gasteiger charge is -2.30. The van der Waals surface area contributed by atoms with Crippen LogP contribution in [0, 0.1) is 6.92 Å². The maximum absolute atomic E-state index is 13.0. The molecule has 6 nitrogen and oxygen atoms in total. The van der Waals surface area contributed by atoms with Crippen LogP contribution < -0.4 is 9.47 Å². The normalized spacial score (nSPS) is 16.0. The van der Waals surface area contributed by atoms with Gasteiger partial charge < -0.3 is 14.4 Å². The quantitative estimate of drug-likeness (QED) is 0.706. The van der Waals surface area contributed by atoms with Crippen molar-refractivity contribution in [1.29, 1.82) is 0 Å². The molecule has 3 heterocycles. The highest BCUT2D eigenvalue weighted by molar-refractivity contribution is 7.20. The number of para-hydroxylation sites is 2. The first-order valence-corrected chi connectivity index (χ1v) is 9.49. The number of rotatable bonds is 4. The first-order chi connectivity index (χ1) is 12.6. The lowest BCUT2D eigenvalue weighted by molar-refractivity contribution is 0.0478. The highest BCUT2D eigenvalue weighted by Crippen LogP contribution is 2.32. The number of aryl methyl sites for hydroxylation is 2. The summed E-state index contributed by atoms with van der Waals surface area (Å²) in [7, 11) is 1.91. The molecule has 136 valence electrons. The van der Waals surface area contributed by atoms with Crippen molar-refractivity contribution < 1.29 is 14.3 Å². The number of benzene rings is 1. The minimum absolute atomic E-state index is 0.0237. The summed E-state index contributed by atoms with van der Waals surface area (Å²) in [5.74, 6) is 1.51. The predicted octanol–water partition coefficient (Wildman–Crippen LogP) is 3.25. The van der Waals surface area contributed by atoms with Gasteiger partial charge in [0.15, 0.2) is 17.6 Å². The van der Waals surface area contributed by atoms with Crippen LogP contribution in [0.15, 0.2) is 30.3 Å². The monoisotopic (exact) mass is 371 g/mol. The molecule has 0 aliphatic carbocycles. The number of hydrogen-bond acceptors (Lipinski definition) is 5. The second kappa shape index (κ2) is 6.64. The molecular formula is C19H21N3O3S. The molecule has 0 fully saturated rings. The Kier molecular flexibility index (Phi) is 4.32. The minimum atomic E-state index is -0.174. The number of hydrogen-bond donors (Lipinski definition) is 0. The predicted molar refractivity (Wildman–Crippen MR) is 101 cm³/mol. The largest absolute Gasteiger partial charge is 0.486 e. The SMILES string of the molecule is CCN(CC1COc2ccccc2O1)C(=O)c1cc2c(C)nn(C)c2s1. The zero-order valence-electron chi connectivity index (χ0n) is 15.1. The van der Waals surface area contributed by atoms with Crippen molar-refractivity contribution in [1.82, 2.24) is 14.7 Å². The number of amides is 1. The van der Waals surface area contributed by atoms with E-state index in [9.17, 15) is 4.79 Å². The summed E-state index contributed by atoms with van der Waals surface area (Å²) in [5, 5.41) is 5.44. The van der Waals surface area contributed by atoms with E-state index in [1.807, 2.05) is 60.8 Å². The average molecular weight is 371 g/mol.